The molecule has 0 unspecified atom stereocenters. The molecule has 2 fully saturated rings. The first-order valence-electron chi connectivity index (χ1n) is 13.4. The summed E-state index contributed by atoms with van der Waals surface area (Å²) in [5.74, 6) is -1.01. The number of phenolic OH excluding ortho intramolecular Hbond substituents is 1. The first-order chi connectivity index (χ1) is 21.0. The zero-order chi connectivity index (χ0) is 31.9. The molecule has 0 radical (unpaired) electrons. The Labute approximate surface area is 248 Å². The van der Waals surface area contributed by atoms with Gasteiger partial charge in [-0.25, -0.2) is 0 Å². The SMILES string of the molecule is COc1cc(O)cc2oc(-c3ccc(O[C@@H]4O[C@H](CO)[C@@H](O)[C@H](O)[C@H]4O)cc3)c(O[C@@H]3O[C@H](CO)[C@H](O)[C@H](O)[C@H]3O)c(=O)c12. The van der Waals surface area contributed by atoms with E-state index in [0.29, 0.717) is 0 Å². The summed E-state index contributed by atoms with van der Waals surface area (Å²) in [4.78, 5) is 13.8. The normalized spacial score (nSPS) is 32.4. The second-order valence-electron chi connectivity index (χ2n) is 10.3. The highest BCUT2D eigenvalue weighted by molar-refractivity contribution is 5.88. The first-order valence-corrected chi connectivity index (χ1v) is 13.4. The van der Waals surface area contributed by atoms with E-state index in [2.05, 4.69) is 0 Å². The van der Waals surface area contributed by atoms with Gasteiger partial charge in [0.05, 0.1) is 20.3 Å². The van der Waals surface area contributed by atoms with Gasteiger partial charge in [-0.05, 0) is 24.3 Å². The van der Waals surface area contributed by atoms with Crippen molar-refractivity contribution < 1.29 is 74.1 Å². The van der Waals surface area contributed by atoms with Crippen molar-refractivity contribution in [2.24, 2.45) is 0 Å². The van der Waals surface area contributed by atoms with E-state index in [1.54, 1.807) is 0 Å². The van der Waals surface area contributed by atoms with Gasteiger partial charge in [0.2, 0.25) is 23.8 Å². The summed E-state index contributed by atoms with van der Waals surface area (Å²) in [7, 11) is 1.26. The fourth-order valence-electron chi connectivity index (χ4n) is 4.98. The summed E-state index contributed by atoms with van der Waals surface area (Å²) >= 11 is 0. The second-order valence-corrected chi connectivity index (χ2v) is 10.3. The van der Waals surface area contributed by atoms with Gasteiger partial charge in [0.15, 0.2) is 5.76 Å². The third kappa shape index (κ3) is 5.80. The molecule has 2 aliphatic heterocycles. The van der Waals surface area contributed by atoms with E-state index >= 15 is 0 Å². The molecule has 0 bridgehead atoms. The van der Waals surface area contributed by atoms with E-state index in [1.807, 2.05) is 0 Å². The van der Waals surface area contributed by atoms with Crippen LogP contribution in [0.1, 0.15) is 0 Å². The summed E-state index contributed by atoms with van der Waals surface area (Å²) in [5.41, 5.74) is -0.742. The van der Waals surface area contributed by atoms with Gasteiger partial charge in [0, 0.05) is 17.7 Å². The van der Waals surface area contributed by atoms with E-state index < -0.39 is 85.8 Å². The Morgan fingerprint density at radius 2 is 1.30 bits per heavy atom. The van der Waals surface area contributed by atoms with Crippen LogP contribution in [-0.4, -0.2) is 128 Å². The van der Waals surface area contributed by atoms with Crippen LogP contribution >= 0.6 is 0 Å². The molecule has 16 heteroatoms. The molecule has 0 spiro atoms. The van der Waals surface area contributed by atoms with Crippen LogP contribution in [0.3, 0.4) is 0 Å². The number of hydrogen-bond donors (Lipinski definition) is 9. The molecule has 2 saturated heterocycles. The largest absolute Gasteiger partial charge is 0.508 e. The molecule has 5 rings (SSSR count). The number of hydrogen-bond acceptors (Lipinski definition) is 16. The summed E-state index contributed by atoms with van der Waals surface area (Å²) in [6, 6.07) is 7.90. The molecule has 10 atom stereocenters. The molecule has 0 saturated carbocycles. The number of methoxy groups -OCH3 is 1. The van der Waals surface area contributed by atoms with Crippen molar-refractivity contribution in [2.45, 2.75) is 61.4 Å². The van der Waals surface area contributed by atoms with E-state index in [4.69, 9.17) is 28.1 Å². The van der Waals surface area contributed by atoms with Crippen LogP contribution in [0.2, 0.25) is 0 Å². The lowest BCUT2D eigenvalue weighted by atomic mass is 9.99. The van der Waals surface area contributed by atoms with Gasteiger partial charge in [-0.1, -0.05) is 0 Å². The predicted molar refractivity (Wildman–Crippen MR) is 145 cm³/mol. The Bertz CT molecular complexity index is 1500. The van der Waals surface area contributed by atoms with Crippen molar-refractivity contribution in [3.63, 3.8) is 0 Å². The van der Waals surface area contributed by atoms with Crippen molar-refractivity contribution in [1.82, 2.24) is 0 Å². The van der Waals surface area contributed by atoms with Gasteiger partial charge in [0.1, 0.15) is 77.0 Å². The molecule has 16 nitrogen and oxygen atoms in total. The third-order valence-electron chi connectivity index (χ3n) is 7.42. The summed E-state index contributed by atoms with van der Waals surface area (Å²) < 4.78 is 33.3. The van der Waals surface area contributed by atoms with Gasteiger partial charge in [-0.2, -0.15) is 0 Å². The minimum absolute atomic E-state index is 0.0674. The van der Waals surface area contributed by atoms with Crippen LogP contribution < -0.4 is 19.6 Å². The van der Waals surface area contributed by atoms with Crippen LogP contribution in [0.5, 0.6) is 23.0 Å². The monoisotopic (exact) mass is 624 g/mol. The van der Waals surface area contributed by atoms with Gasteiger partial charge in [-0.15, -0.1) is 0 Å². The maximum atomic E-state index is 13.8. The van der Waals surface area contributed by atoms with Gasteiger partial charge >= 0.3 is 0 Å². The van der Waals surface area contributed by atoms with Crippen molar-refractivity contribution in [2.75, 3.05) is 20.3 Å². The first kappa shape index (κ1) is 31.9. The Balaban J connectivity index is 1.53. The Morgan fingerprint density at radius 1 is 0.750 bits per heavy atom. The van der Waals surface area contributed by atoms with Gasteiger partial charge < -0.3 is 74.1 Å². The lowest BCUT2D eigenvalue weighted by molar-refractivity contribution is -0.277. The van der Waals surface area contributed by atoms with Crippen LogP contribution in [0.15, 0.2) is 45.6 Å². The van der Waals surface area contributed by atoms with E-state index in [0.717, 1.165) is 6.07 Å². The highest BCUT2D eigenvalue weighted by Crippen LogP contribution is 2.38. The molecule has 3 aromatic rings. The van der Waals surface area contributed by atoms with Crippen molar-refractivity contribution in [3.8, 4) is 34.3 Å². The van der Waals surface area contributed by atoms with Crippen molar-refractivity contribution in [1.29, 1.82) is 0 Å². The Hall–Kier alpha value is -3.55. The standard InChI is InChI=1S/C28H32O16/c1-39-13-6-11(31)7-14-17(13)20(34)26(44-28-24(38)22(36)19(33)16(9-30)43-28)25(41-14)10-2-4-12(5-3-10)40-27-23(37)21(35)18(32)15(8-29)42-27/h2-7,15-16,18-19,21-24,27-33,35-38H,8-9H2,1H3/t15-,16-,18-,19+,21+,22+,23-,24-,27-,28+/m1/s1. The molecule has 3 heterocycles. The number of aliphatic hydroxyl groups excluding tert-OH is 8. The Morgan fingerprint density at radius 3 is 1.82 bits per heavy atom. The molecule has 9 N–H and O–H groups in total. The predicted octanol–water partition coefficient (Wildman–Crippen LogP) is -2.47. The Kier molecular flexibility index (Phi) is 9.28. The fraction of sp³-hybridized carbons (Fsp3) is 0.464. The van der Waals surface area contributed by atoms with Gasteiger partial charge in [-0.3, -0.25) is 4.79 Å². The third-order valence-corrected chi connectivity index (χ3v) is 7.42. The summed E-state index contributed by atoms with van der Waals surface area (Å²) in [6.07, 6.45) is -16.0. The number of aliphatic hydroxyl groups is 8. The highest BCUT2D eigenvalue weighted by atomic mass is 16.7. The zero-order valence-electron chi connectivity index (χ0n) is 23.0. The highest BCUT2D eigenvalue weighted by Gasteiger charge is 2.46. The number of fused-ring (bicyclic) bond motifs is 1. The fourth-order valence-corrected chi connectivity index (χ4v) is 4.98. The zero-order valence-corrected chi connectivity index (χ0v) is 23.0. The number of aromatic hydroxyl groups is 1. The maximum Gasteiger partial charge on any atom is 0.239 e. The summed E-state index contributed by atoms with van der Waals surface area (Å²) in [6.45, 7) is -1.39. The number of ether oxygens (including phenoxy) is 5. The molecule has 2 aromatic carbocycles. The van der Waals surface area contributed by atoms with Crippen LogP contribution in [0.25, 0.3) is 22.3 Å². The molecule has 2 aliphatic rings. The minimum Gasteiger partial charge on any atom is -0.508 e. The van der Waals surface area contributed by atoms with Crippen molar-refractivity contribution in [3.05, 3.63) is 46.6 Å². The van der Waals surface area contributed by atoms with Gasteiger partial charge in [0.25, 0.3) is 0 Å². The number of rotatable bonds is 8. The molecule has 1 aromatic heterocycles. The van der Waals surface area contributed by atoms with E-state index in [-0.39, 0.29) is 39.5 Å². The quantitative estimate of drug-likeness (QED) is 0.126. The molecule has 44 heavy (non-hydrogen) atoms. The second kappa shape index (κ2) is 12.8. The number of benzene rings is 2. The maximum absolute atomic E-state index is 13.8. The molecular weight excluding hydrogens is 592 g/mol. The molecule has 240 valence electrons. The lowest BCUT2D eigenvalue weighted by Gasteiger charge is -2.39. The number of phenols is 1. The topological polar surface area (TPSA) is 258 Å². The molecular formula is C28H32O16. The van der Waals surface area contributed by atoms with Crippen molar-refractivity contribution >= 4 is 11.0 Å². The average molecular weight is 625 g/mol. The van der Waals surface area contributed by atoms with E-state index in [9.17, 15) is 50.8 Å². The van der Waals surface area contributed by atoms with Crippen LogP contribution in [0, 0.1) is 0 Å². The smallest absolute Gasteiger partial charge is 0.239 e. The molecule has 0 aliphatic carbocycles. The average Bonchev–Trinajstić information content (AvgIpc) is 3.02. The summed E-state index contributed by atoms with van der Waals surface area (Å²) in [5, 5.41) is 90.2. The van der Waals surface area contributed by atoms with Crippen LogP contribution in [0.4, 0.5) is 0 Å². The lowest BCUT2D eigenvalue weighted by Crippen LogP contribution is -2.60. The molecule has 0 amide bonds. The minimum atomic E-state index is -1.85. The van der Waals surface area contributed by atoms with Crippen LogP contribution in [-0.2, 0) is 9.47 Å². The van der Waals surface area contributed by atoms with E-state index in [1.165, 1.54) is 37.4 Å².